The van der Waals surface area contributed by atoms with Crippen molar-refractivity contribution in [3.63, 3.8) is 0 Å². The normalized spacial score (nSPS) is 20.9. The highest BCUT2D eigenvalue weighted by Gasteiger charge is 2.27. The molecule has 1 aliphatic rings. The number of carbonyl (C=O) groups excluding carboxylic acids is 1. The molecule has 2 rings (SSSR count). The second-order valence-corrected chi connectivity index (χ2v) is 4.73. The molecule has 1 aliphatic heterocycles. The lowest BCUT2D eigenvalue weighted by Crippen LogP contribution is -2.08. The first-order valence-corrected chi connectivity index (χ1v) is 5.60. The van der Waals surface area contributed by atoms with Crippen LogP contribution in [0.1, 0.15) is 6.42 Å². The molecule has 1 aromatic rings. The summed E-state index contributed by atoms with van der Waals surface area (Å²) in [5.74, 6) is -0.107. The molecule has 74 valence electrons. The summed E-state index contributed by atoms with van der Waals surface area (Å²) in [4.78, 5) is 12.2. The monoisotopic (exact) mass is 228 g/mol. The number of carbonyl (C=O) groups is 1. The summed E-state index contributed by atoms with van der Waals surface area (Å²) < 4.78 is 4.88. The van der Waals surface area contributed by atoms with Gasteiger partial charge in [-0.2, -0.15) is 0 Å². The maximum atomic E-state index is 11.2. The van der Waals surface area contributed by atoms with E-state index in [0.29, 0.717) is 11.6 Å². The number of rotatable bonds is 2. The van der Waals surface area contributed by atoms with E-state index in [9.17, 15) is 4.79 Å². The highest BCUT2D eigenvalue weighted by molar-refractivity contribution is 8.00. The van der Waals surface area contributed by atoms with Gasteiger partial charge in [-0.25, -0.2) is 0 Å². The SMILES string of the molecule is O=C1OCC[C@H]1Sc1ccc(Cl)cc1. The van der Waals surface area contributed by atoms with Gasteiger partial charge in [0, 0.05) is 16.3 Å². The van der Waals surface area contributed by atoms with Gasteiger partial charge >= 0.3 is 5.97 Å². The minimum atomic E-state index is -0.107. The van der Waals surface area contributed by atoms with Crippen molar-refractivity contribution < 1.29 is 9.53 Å². The molecule has 0 aliphatic carbocycles. The third-order valence-electron chi connectivity index (χ3n) is 1.98. The quantitative estimate of drug-likeness (QED) is 0.729. The van der Waals surface area contributed by atoms with Gasteiger partial charge in [0.15, 0.2) is 0 Å². The van der Waals surface area contributed by atoms with Gasteiger partial charge in [0.25, 0.3) is 0 Å². The minimum absolute atomic E-state index is 0.0452. The Morgan fingerprint density at radius 1 is 1.36 bits per heavy atom. The molecule has 0 N–H and O–H groups in total. The Labute approximate surface area is 91.6 Å². The van der Waals surface area contributed by atoms with Crippen LogP contribution in [0.4, 0.5) is 0 Å². The van der Waals surface area contributed by atoms with Crippen LogP contribution in [0, 0.1) is 0 Å². The Bertz CT molecular complexity index is 336. The Hall–Kier alpha value is -0.670. The summed E-state index contributed by atoms with van der Waals surface area (Å²) in [5.41, 5.74) is 0. The number of halogens is 1. The van der Waals surface area contributed by atoms with Crippen molar-refractivity contribution >= 4 is 29.3 Å². The molecule has 0 bridgehead atoms. The Morgan fingerprint density at radius 3 is 2.64 bits per heavy atom. The molecule has 1 atom stereocenters. The van der Waals surface area contributed by atoms with E-state index < -0.39 is 0 Å². The van der Waals surface area contributed by atoms with E-state index >= 15 is 0 Å². The summed E-state index contributed by atoms with van der Waals surface area (Å²) in [6.07, 6.45) is 0.798. The number of thioether (sulfide) groups is 1. The second-order valence-electron chi connectivity index (χ2n) is 3.02. The average molecular weight is 229 g/mol. The van der Waals surface area contributed by atoms with E-state index in [-0.39, 0.29) is 11.2 Å². The molecular weight excluding hydrogens is 220 g/mol. The van der Waals surface area contributed by atoms with Crippen LogP contribution in [0.15, 0.2) is 29.2 Å². The maximum absolute atomic E-state index is 11.2. The first kappa shape index (κ1) is 9.87. The summed E-state index contributed by atoms with van der Waals surface area (Å²) in [7, 11) is 0. The van der Waals surface area contributed by atoms with E-state index in [1.807, 2.05) is 24.3 Å². The largest absolute Gasteiger partial charge is 0.465 e. The molecule has 0 amide bonds. The van der Waals surface area contributed by atoms with Crippen LogP contribution >= 0.6 is 23.4 Å². The molecule has 2 nitrogen and oxygen atoms in total. The van der Waals surface area contributed by atoms with Gasteiger partial charge in [0.1, 0.15) is 5.25 Å². The molecule has 1 saturated heterocycles. The predicted molar refractivity (Wildman–Crippen MR) is 56.7 cm³/mol. The van der Waals surface area contributed by atoms with Gasteiger partial charge in [0.2, 0.25) is 0 Å². The van der Waals surface area contributed by atoms with Crippen LogP contribution in [-0.4, -0.2) is 17.8 Å². The number of benzene rings is 1. The fourth-order valence-electron chi connectivity index (χ4n) is 1.26. The van der Waals surface area contributed by atoms with E-state index in [1.165, 1.54) is 11.8 Å². The highest BCUT2D eigenvalue weighted by atomic mass is 35.5. The van der Waals surface area contributed by atoms with Gasteiger partial charge in [-0.05, 0) is 24.3 Å². The summed E-state index contributed by atoms with van der Waals surface area (Å²) in [6, 6.07) is 7.48. The van der Waals surface area contributed by atoms with Crippen molar-refractivity contribution in [2.24, 2.45) is 0 Å². The van der Waals surface area contributed by atoms with Gasteiger partial charge in [-0.3, -0.25) is 4.79 Å². The van der Waals surface area contributed by atoms with Crippen molar-refractivity contribution in [1.82, 2.24) is 0 Å². The van der Waals surface area contributed by atoms with E-state index in [0.717, 1.165) is 11.3 Å². The highest BCUT2D eigenvalue weighted by Crippen LogP contribution is 2.29. The minimum Gasteiger partial charge on any atom is -0.465 e. The summed E-state index contributed by atoms with van der Waals surface area (Å²) in [5, 5.41) is 0.666. The molecule has 1 fully saturated rings. The summed E-state index contributed by atoms with van der Waals surface area (Å²) in [6.45, 7) is 0.546. The van der Waals surface area contributed by atoms with Crippen molar-refractivity contribution in [1.29, 1.82) is 0 Å². The van der Waals surface area contributed by atoms with Crippen LogP contribution < -0.4 is 0 Å². The fourth-order valence-corrected chi connectivity index (χ4v) is 2.39. The third-order valence-corrected chi connectivity index (χ3v) is 3.49. The zero-order valence-electron chi connectivity index (χ0n) is 7.40. The lowest BCUT2D eigenvalue weighted by molar-refractivity contribution is -0.137. The molecule has 0 unspecified atom stereocenters. The first-order valence-electron chi connectivity index (χ1n) is 4.34. The van der Waals surface area contributed by atoms with Crippen LogP contribution in [0.5, 0.6) is 0 Å². The van der Waals surface area contributed by atoms with E-state index in [2.05, 4.69) is 0 Å². The van der Waals surface area contributed by atoms with Gasteiger partial charge < -0.3 is 4.74 Å². The molecule has 4 heteroatoms. The van der Waals surface area contributed by atoms with Crippen LogP contribution in [0.2, 0.25) is 5.02 Å². The molecule has 0 saturated carbocycles. The molecular formula is C10H9ClO2S. The molecule has 0 aromatic heterocycles. The number of ether oxygens (including phenoxy) is 1. The molecule has 0 radical (unpaired) electrons. The molecule has 14 heavy (non-hydrogen) atoms. The van der Waals surface area contributed by atoms with Crippen LogP contribution in [-0.2, 0) is 9.53 Å². The lowest BCUT2D eigenvalue weighted by atomic mass is 10.4. The molecule has 1 heterocycles. The van der Waals surface area contributed by atoms with Crippen molar-refractivity contribution in [2.45, 2.75) is 16.6 Å². The topological polar surface area (TPSA) is 26.3 Å². The van der Waals surface area contributed by atoms with Gasteiger partial charge in [0.05, 0.1) is 6.61 Å². The standard InChI is InChI=1S/C10H9ClO2S/c11-7-1-3-8(4-2-7)14-9-5-6-13-10(9)12/h1-4,9H,5-6H2/t9-/m1/s1. The Balaban J connectivity index is 2.03. The zero-order chi connectivity index (χ0) is 9.97. The number of esters is 1. The second kappa shape index (κ2) is 4.24. The third kappa shape index (κ3) is 2.22. The zero-order valence-corrected chi connectivity index (χ0v) is 8.98. The van der Waals surface area contributed by atoms with E-state index in [4.69, 9.17) is 16.3 Å². The van der Waals surface area contributed by atoms with E-state index in [1.54, 1.807) is 0 Å². The van der Waals surface area contributed by atoms with Crippen LogP contribution in [0.3, 0.4) is 0 Å². The maximum Gasteiger partial charge on any atom is 0.319 e. The molecule has 0 spiro atoms. The van der Waals surface area contributed by atoms with Gasteiger partial charge in [-0.1, -0.05) is 11.6 Å². The predicted octanol–water partition coefficient (Wildman–Crippen LogP) is 2.75. The van der Waals surface area contributed by atoms with Crippen molar-refractivity contribution in [2.75, 3.05) is 6.61 Å². The number of cyclic esters (lactones) is 1. The van der Waals surface area contributed by atoms with Crippen LogP contribution in [0.25, 0.3) is 0 Å². The lowest BCUT2D eigenvalue weighted by Gasteiger charge is -2.04. The average Bonchev–Trinajstić information content (AvgIpc) is 2.56. The Kier molecular flexibility index (Phi) is 2.99. The smallest absolute Gasteiger partial charge is 0.319 e. The fraction of sp³-hybridized carbons (Fsp3) is 0.300. The number of hydrogen-bond acceptors (Lipinski definition) is 3. The summed E-state index contributed by atoms with van der Waals surface area (Å²) >= 11 is 7.29. The van der Waals surface area contributed by atoms with Crippen molar-refractivity contribution in [3.8, 4) is 0 Å². The molecule has 1 aromatic carbocycles. The van der Waals surface area contributed by atoms with Gasteiger partial charge in [-0.15, -0.1) is 11.8 Å². The Morgan fingerprint density at radius 2 is 2.07 bits per heavy atom. The van der Waals surface area contributed by atoms with Crippen molar-refractivity contribution in [3.05, 3.63) is 29.3 Å². The number of hydrogen-bond donors (Lipinski definition) is 0. The first-order chi connectivity index (χ1) is 6.75.